The molecule has 2 rings (SSSR count). The second-order valence-electron chi connectivity index (χ2n) is 4.39. The zero-order valence-corrected chi connectivity index (χ0v) is 13.4. The Morgan fingerprint density at radius 2 is 1.90 bits per heavy atom. The van der Waals surface area contributed by atoms with Crippen molar-refractivity contribution in [1.82, 2.24) is 9.97 Å². The third kappa shape index (κ3) is 4.57. The van der Waals surface area contributed by atoms with Crippen molar-refractivity contribution < 1.29 is 4.74 Å². The van der Waals surface area contributed by atoms with Crippen LogP contribution >= 0.6 is 15.9 Å². The number of nitrogens with one attached hydrogen (secondary N) is 2. The lowest BCUT2D eigenvalue weighted by Crippen LogP contribution is -2.10. The fraction of sp³-hybridized carbons (Fsp3) is 0.286. The van der Waals surface area contributed by atoms with Crippen molar-refractivity contribution in [3.63, 3.8) is 0 Å². The van der Waals surface area contributed by atoms with Crippen LogP contribution < -0.4 is 16.4 Å². The molecular weight excluding hydrogens is 334 g/mol. The molecule has 21 heavy (non-hydrogen) atoms. The number of aromatic nitrogens is 2. The van der Waals surface area contributed by atoms with Crippen molar-refractivity contribution in [1.29, 1.82) is 0 Å². The summed E-state index contributed by atoms with van der Waals surface area (Å²) < 4.78 is 6.02. The van der Waals surface area contributed by atoms with Crippen LogP contribution in [0.3, 0.4) is 0 Å². The van der Waals surface area contributed by atoms with E-state index in [0.717, 1.165) is 23.1 Å². The Balaban J connectivity index is 2.04. The average molecular weight is 352 g/mol. The maximum atomic E-state index is 6.09. The molecule has 6 nitrogen and oxygen atoms in total. The molecular formula is C14H18BrN5O. The number of nitrogens with two attached hydrogens (primary N) is 1. The van der Waals surface area contributed by atoms with Crippen molar-refractivity contribution in [3.05, 3.63) is 35.1 Å². The highest BCUT2D eigenvalue weighted by atomic mass is 79.9. The molecule has 0 spiro atoms. The molecule has 0 aliphatic rings. The van der Waals surface area contributed by atoms with Crippen LogP contribution in [0.15, 0.2) is 35.1 Å². The lowest BCUT2D eigenvalue weighted by atomic mass is 10.3. The van der Waals surface area contributed by atoms with Gasteiger partial charge in [-0.05, 0) is 30.7 Å². The van der Waals surface area contributed by atoms with Gasteiger partial charge in [-0.3, -0.25) is 0 Å². The number of halogens is 1. The van der Waals surface area contributed by atoms with Gasteiger partial charge in [0.1, 0.15) is 12.0 Å². The number of rotatable bonds is 7. The second-order valence-corrected chi connectivity index (χ2v) is 5.31. The predicted molar refractivity (Wildman–Crippen MR) is 88.9 cm³/mol. The molecule has 0 radical (unpaired) electrons. The molecule has 0 amide bonds. The van der Waals surface area contributed by atoms with E-state index in [-0.39, 0.29) is 0 Å². The number of nitrogens with zero attached hydrogens (tertiary/aromatic N) is 2. The molecule has 0 atom stereocenters. The second kappa shape index (κ2) is 7.80. The summed E-state index contributed by atoms with van der Waals surface area (Å²) in [7, 11) is 1.68. The summed E-state index contributed by atoms with van der Waals surface area (Å²) in [5.41, 5.74) is 7.49. The standard InChI is InChI=1S/C14H18BrN5O/c1-21-8-2-7-17-13-12(16)14(19-9-18-13)20-11-5-3-10(15)4-6-11/h3-6,9H,2,7-8,16H2,1H3,(H2,17,18,19,20). The van der Waals surface area contributed by atoms with E-state index in [2.05, 4.69) is 36.5 Å². The van der Waals surface area contributed by atoms with Crippen LogP contribution in [0.5, 0.6) is 0 Å². The first-order valence-corrected chi connectivity index (χ1v) is 7.36. The van der Waals surface area contributed by atoms with Gasteiger partial charge in [0.2, 0.25) is 0 Å². The minimum Gasteiger partial charge on any atom is -0.393 e. The van der Waals surface area contributed by atoms with Crippen molar-refractivity contribution >= 4 is 38.9 Å². The SMILES string of the molecule is COCCCNc1ncnc(Nc2ccc(Br)cc2)c1N. The molecule has 0 unspecified atom stereocenters. The van der Waals surface area contributed by atoms with Crippen LogP contribution in [0.1, 0.15) is 6.42 Å². The van der Waals surface area contributed by atoms with E-state index in [4.69, 9.17) is 10.5 Å². The van der Waals surface area contributed by atoms with Crippen LogP contribution in [0.4, 0.5) is 23.0 Å². The number of hydrogen-bond acceptors (Lipinski definition) is 6. The summed E-state index contributed by atoms with van der Waals surface area (Å²) in [5.74, 6) is 1.21. The highest BCUT2D eigenvalue weighted by molar-refractivity contribution is 9.10. The van der Waals surface area contributed by atoms with Gasteiger partial charge < -0.3 is 21.1 Å². The lowest BCUT2D eigenvalue weighted by Gasteiger charge is -2.12. The molecule has 0 saturated carbocycles. The monoisotopic (exact) mass is 351 g/mol. The zero-order chi connectivity index (χ0) is 15.1. The van der Waals surface area contributed by atoms with Crippen LogP contribution in [0.2, 0.25) is 0 Å². The summed E-state index contributed by atoms with van der Waals surface area (Å²) >= 11 is 3.40. The molecule has 1 aromatic carbocycles. The Labute approximate surface area is 132 Å². The van der Waals surface area contributed by atoms with E-state index in [1.165, 1.54) is 6.33 Å². The number of hydrogen-bond donors (Lipinski definition) is 3. The Bertz CT molecular complexity index is 576. The smallest absolute Gasteiger partial charge is 0.159 e. The largest absolute Gasteiger partial charge is 0.393 e. The van der Waals surface area contributed by atoms with Crippen LogP contribution in [0, 0.1) is 0 Å². The van der Waals surface area contributed by atoms with Gasteiger partial charge in [0.25, 0.3) is 0 Å². The van der Waals surface area contributed by atoms with Crippen molar-refractivity contribution in [2.24, 2.45) is 0 Å². The zero-order valence-electron chi connectivity index (χ0n) is 11.8. The van der Waals surface area contributed by atoms with Crippen LogP contribution in [-0.2, 0) is 4.74 Å². The number of anilines is 4. The Hall–Kier alpha value is -1.86. The van der Waals surface area contributed by atoms with E-state index in [1.807, 2.05) is 24.3 Å². The molecule has 0 aliphatic heterocycles. The lowest BCUT2D eigenvalue weighted by molar-refractivity contribution is 0.198. The maximum absolute atomic E-state index is 6.09. The van der Waals surface area contributed by atoms with E-state index in [1.54, 1.807) is 7.11 Å². The fourth-order valence-corrected chi connectivity index (χ4v) is 1.99. The highest BCUT2D eigenvalue weighted by Crippen LogP contribution is 2.26. The maximum Gasteiger partial charge on any atom is 0.159 e. The van der Waals surface area contributed by atoms with E-state index < -0.39 is 0 Å². The number of methoxy groups -OCH3 is 1. The molecule has 0 bridgehead atoms. The topological polar surface area (TPSA) is 85.1 Å². The van der Waals surface area contributed by atoms with Gasteiger partial charge in [-0.2, -0.15) is 0 Å². The summed E-state index contributed by atoms with van der Waals surface area (Å²) in [6.45, 7) is 1.44. The molecule has 0 fully saturated rings. The summed E-state index contributed by atoms with van der Waals surface area (Å²) in [5, 5.41) is 6.36. The summed E-state index contributed by atoms with van der Waals surface area (Å²) in [4.78, 5) is 8.33. The molecule has 0 saturated heterocycles. The quantitative estimate of drug-likeness (QED) is 0.665. The van der Waals surface area contributed by atoms with Crippen molar-refractivity contribution in [2.45, 2.75) is 6.42 Å². The van der Waals surface area contributed by atoms with Gasteiger partial charge >= 0.3 is 0 Å². The third-order valence-electron chi connectivity index (χ3n) is 2.81. The molecule has 1 aromatic heterocycles. The Morgan fingerprint density at radius 3 is 2.62 bits per heavy atom. The van der Waals surface area contributed by atoms with E-state index in [9.17, 15) is 0 Å². The third-order valence-corrected chi connectivity index (χ3v) is 3.34. The Morgan fingerprint density at radius 1 is 1.19 bits per heavy atom. The molecule has 0 aliphatic carbocycles. The van der Waals surface area contributed by atoms with Crippen molar-refractivity contribution in [2.75, 3.05) is 36.6 Å². The number of benzene rings is 1. The van der Waals surface area contributed by atoms with Gasteiger partial charge in [-0.1, -0.05) is 15.9 Å². The van der Waals surface area contributed by atoms with Gasteiger partial charge in [0, 0.05) is 30.4 Å². The molecule has 1 heterocycles. The summed E-state index contributed by atoms with van der Waals surface area (Å²) in [6, 6.07) is 7.78. The first-order valence-electron chi connectivity index (χ1n) is 6.56. The highest BCUT2D eigenvalue weighted by Gasteiger charge is 2.07. The normalized spacial score (nSPS) is 10.4. The van der Waals surface area contributed by atoms with E-state index >= 15 is 0 Å². The summed E-state index contributed by atoms with van der Waals surface area (Å²) in [6.07, 6.45) is 2.37. The number of ether oxygens (including phenoxy) is 1. The first-order chi connectivity index (χ1) is 10.2. The van der Waals surface area contributed by atoms with E-state index in [0.29, 0.717) is 23.9 Å². The number of nitrogen functional groups attached to an aromatic ring is 1. The molecule has 4 N–H and O–H groups in total. The van der Waals surface area contributed by atoms with Gasteiger partial charge in [0.15, 0.2) is 11.6 Å². The average Bonchev–Trinajstić information content (AvgIpc) is 2.49. The van der Waals surface area contributed by atoms with Crippen LogP contribution in [0.25, 0.3) is 0 Å². The minimum atomic E-state index is 0.498. The molecule has 7 heteroatoms. The fourth-order valence-electron chi connectivity index (χ4n) is 1.73. The van der Waals surface area contributed by atoms with Gasteiger partial charge in [0.05, 0.1) is 0 Å². The van der Waals surface area contributed by atoms with Gasteiger partial charge in [-0.25, -0.2) is 9.97 Å². The van der Waals surface area contributed by atoms with Crippen molar-refractivity contribution in [3.8, 4) is 0 Å². The predicted octanol–water partition coefficient (Wildman–Crippen LogP) is 3.01. The first kappa shape index (κ1) is 15.5. The van der Waals surface area contributed by atoms with Gasteiger partial charge in [-0.15, -0.1) is 0 Å². The molecule has 112 valence electrons. The Kier molecular flexibility index (Phi) is 5.77. The molecule has 2 aromatic rings. The van der Waals surface area contributed by atoms with Crippen LogP contribution in [-0.4, -0.2) is 30.2 Å². The minimum absolute atomic E-state index is 0.498.